The van der Waals surface area contributed by atoms with E-state index in [2.05, 4.69) is 38.2 Å². The Labute approximate surface area is 94.5 Å². The highest BCUT2D eigenvalue weighted by Crippen LogP contribution is 2.53. The maximum atomic E-state index is 2.45. The van der Waals surface area contributed by atoms with Crippen LogP contribution < -0.4 is 0 Å². The molecular weight excluding hydrogens is 180 g/mol. The van der Waals surface area contributed by atoms with Crippen molar-refractivity contribution in [1.29, 1.82) is 0 Å². The standard InChI is InChI=1S/C15H24/c1-3-4-9-14-13(2)8-7-12-15(14)10-5-6-11-15/h3-4,7-8,13-14H,5-6,9-12H2,1-2H3/b4-3+/t13-,14+/m1/s1. The van der Waals surface area contributed by atoms with Crippen LogP contribution in [-0.4, -0.2) is 0 Å². The molecule has 1 spiro atoms. The summed E-state index contributed by atoms with van der Waals surface area (Å²) < 4.78 is 0. The lowest BCUT2D eigenvalue weighted by molar-refractivity contribution is 0.123. The first-order valence-electron chi connectivity index (χ1n) is 6.56. The molecule has 1 saturated carbocycles. The third kappa shape index (κ3) is 2.04. The summed E-state index contributed by atoms with van der Waals surface area (Å²) in [4.78, 5) is 0. The van der Waals surface area contributed by atoms with E-state index in [9.17, 15) is 0 Å². The van der Waals surface area contributed by atoms with Gasteiger partial charge in [0.15, 0.2) is 0 Å². The molecule has 0 aromatic carbocycles. The molecule has 0 radical (unpaired) electrons. The predicted molar refractivity (Wildman–Crippen MR) is 66.7 cm³/mol. The first kappa shape index (κ1) is 11.0. The molecule has 0 aromatic heterocycles. The van der Waals surface area contributed by atoms with Crippen LogP contribution in [0.2, 0.25) is 0 Å². The van der Waals surface area contributed by atoms with Crippen LogP contribution in [0.25, 0.3) is 0 Å². The van der Waals surface area contributed by atoms with Crippen molar-refractivity contribution in [2.24, 2.45) is 17.3 Å². The molecule has 0 N–H and O–H groups in total. The largest absolute Gasteiger partial charge is 0.0917 e. The minimum Gasteiger partial charge on any atom is -0.0917 e. The molecule has 0 aliphatic heterocycles. The van der Waals surface area contributed by atoms with Crippen LogP contribution in [0.4, 0.5) is 0 Å². The molecule has 84 valence electrons. The fourth-order valence-corrected chi connectivity index (χ4v) is 3.76. The lowest BCUT2D eigenvalue weighted by atomic mass is 9.62. The third-order valence-electron chi connectivity index (χ3n) is 4.61. The second-order valence-electron chi connectivity index (χ2n) is 5.47. The fraction of sp³-hybridized carbons (Fsp3) is 0.733. The van der Waals surface area contributed by atoms with Gasteiger partial charge in [0.25, 0.3) is 0 Å². The third-order valence-corrected chi connectivity index (χ3v) is 4.61. The molecule has 2 aliphatic carbocycles. The summed E-state index contributed by atoms with van der Waals surface area (Å²) in [5.74, 6) is 1.69. The fourth-order valence-electron chi connectivity index (χ4n) is 3.76. The molecular formula is C15H24. The highest BCUT2D eigenvalue weighted by Gasteiger charge is 2.42. The summed E-state index contributed by atoms with van der Waals surface area (Å²) in [5.41, 5.74) is 0.674. The Kier molecular flexibility index (Phi) is 3.33. The molecule has 2 atom stereocenters. The molecule has 0 unspecified atom stereocenters. The van der Waals surface area contributed by atoms with Gasteiger partial charge in [0.2, 0.25) is 0 Å². The summed E-state index contributed by atoms with van der Waals surface area (Å²) >= 11 is 0. The van der Waals surface area contributed by atoms with Crippen LogP contribution in [0.3, 0.4) is 0 Å². The zero-order chi connectivity index (χ0) is 10.7. The summed E-state index contributed by atoms with van der Waals surface area (Å²) in [5, 5.41) is 0. The number of hydrogen-bond donors (Lipinski definition) is 0. The van der Waals surface area contributed by atoms with E-state index in [1.54, 1.807) is 0 Å². The van der Waals surface area contributed by atoms with Crippen molar-refractivity contribution in [2.45, 2.75) is 52.4 Å². The summed E-state index contributed by atoms with van der Waals surface area (Å²) in [6.07, 6.45) is 18.0. The van der Waals surface area contributed by atoms with Crippen molar-refractivity contribution < 1.29 is 0 Å². The van der Waals surface area contributed by atoms with E-state index in [1.807, 2.05) is 0 Å². The molecule has 0 nitrogen and oxygen atoms in total. The lowest BCUT2D eigenvalue weighted by Crippen LogP contribution is -2.33. The topological polar surface area (TPSA) is 0 Å². The van der Waals surface area contributed by atoms with Gasteiger partial charge < -0.3 is 0 Å². The van der Waals surface area contributed by atoms with Gasteiger partial charge in [0, 0.05) is 0 Å². The lowest BCUT2D eigenvalue weighted by Gasteiger charge is -2.42. The zero-order valence-electron chi connectivity index (χ0n) is 10.2. The Balaban J connectivity index is 2.16. The van der Waals surface area contributed by atoms with E-state index in [0.29, 0.717) is 5.41 Å². The number of hydrogen-bond acceptors (Lipinski definition) is 0. The molecule has 0 bridgehead atoms. The molecule has 0 amide bonds. The van der Waals surface area contributed by atoms with Crippen LogP contribution in [0.15, 0.2) is 24.3 Å². The predicted octanol–water partition coefficient (Wildman–Crippen LogP) is 4.73. The smallest absolute Gasteiger partial charge is 0.0225 e. The van der Waals surface area contributed by atoms with Gasteiger partial charge in [-0.25, -0.2) is 0 Å². The average molecular weight is 204 g/mol. The molecule has 15 heavy (non-hydrogen) atoms. The van der Waals surface area contributed by atoms with E-state index in [1.165, 1.54) is 38.5 Å². The van der Waals surface area contributed by atoms with Crippen LogP contribution in [-0.2, 0) is 0 Å². The van der Waals surface area contributed by atoms with Crippen LogP contribution >= 0.6 is 0 Å². The second-order valence-corrected chi connectivity index (χ2v) is 5.47. The molecule has 1 fully saturated rings. The minimum absolute atomic E-state index is 0.674. The Bertz CT molecular complexity index is 253. The van der Waals surface area contributed by atoms with Crippen LogP contribution in [0.5, 0.6) is 0 Å². The highest BCUT2D eigenvalue weighted by atomic mass is 14.5. The first-order valence-corrected chi connectivity index (χ1v) is 6.56. The Morgan fingerprint density at radius 1 is 1.33 bits per heavy atom. The normalized spacial score (nSPS) is 34.3. The van der Waals surface area contributed by atoms with E-state index in [0.717, 1.165) is 11.8 Å². The maximum absolute atomic E-state index is 2.45. The van der Waals surface area contributed by atoms with Crippen LogP contribution in [0, 0.1) is 17.3 Å². The molecule has 0 heteroatoms. The molecule has 2 rings (SSSR count). The molecule has 0 saturated heterocycles. The van der Waals surface area contributed by atoms with Gasteiger partial charge >= 0.3 is 0 Å². The van der Waals surface area contributed by atoms with E-state index < -0.39 is 0 Å². The minimum atomic E-state index is 0.674. The van der Waals surface area contributed by atoms with Gasteiger partial charge in [-0.2, -0.15) is 0 Å². The van der Waals surface area contributed by atoms with Crippen molar-refractivity contribution in [2.75, 3.05) is 0 Å². The Morgan fingerprint density at radius 2 is 2.07 bits per heavy atom. The van der Waals surface area contributed by atoms with Gasteiger partial charge in [-0.3, -0.25) is 0 Å². The summed E-state index contributed by atoms with van der Waals surface area (Å²) in [6, 6.07) is 0. The molecule has 0 heterocycles. The molecule has 2 aliphatic rings. The zero-order valence-corrected chi connectivity index (χ0v) is 10.2. The van der Waals surface area contributed by atoms with Crippen molar-refractivity contribution in [3.63, 3.8) is 0 Å². The monoisotopic (exact) mass is 204 g/mol. The van der Waals surface area contributed by atoms with E-state index in [4.69, 9.17) is 0 Å². The highest BCUT2D eigenvalue weighted by molar-refractivity contribution is 5.08. The van der Waals surface area contributed by atoms with Gasteiger partial charge in [-0.05, 0) is 49.9 Å². The Hall–Kier alpha value is -0.520. The van der Waals surface area contributed by atoms with E-state index in [-0.39, 0.29) is 0 Å². The van der Waals surface area contributed by atoms with Gasteiger partial charge in [0.1, 0.15) is 0 Å². The number of allylic oxidation sites excluding steroid dienone is 4. The van der Waals surface area contributed by atoms with Gasteiger partial charge in [-0.1, -0.05) is 44.1 Å². The van der Waals surface area contributed by atoms with Crippen LogP contribution in [0.1, 0.15) is 52.4 Å². The number of rotatable bonds is 2. The first-order chi connectivity index (χ1) is 7.28. The van der Waals surface area contributed by atoms with E-state index >= 15 is 0 Å². The average Bonchev–Trinajstić information content (AvgIpc) is 2.67. The van der Waals surface area contributed by atoms with Crippen molar-refractivity contribution in [1.82, 2.24) is 0 Å². The Morgan fingerprint density at radius 3 is 2.73 bits per heavy atom. The van der Waals surface area contributed by atoms with Gasteiger partial charge in [0.05, 0.1) is 0 Å². The van der Waals surface area contributed by atoms with Crippen molar-refractivity contribution in [3.05, 3.63) is 24.3 Å². The molecule has 0 aromatic rings. The van der Waals surface area contributed by atoms with Crippen molar-refractivity contribution in [3.8, 4) is 0 Å². The maximum Gasteiger partial charge on any atom is -0.0225 e. The van der Waals surface area contributed by atoms with Gasteiger partial charge in [-0.15, -0.1) is 0 Å². The van der Waals surface area contributed by atoms with Crippen molar-refractivity contribution >= 4 is 0 Å². The quantitative estimate of drug-likeness (QED) is 0.571. The summed E-state index contributed by atoms with van der Waals surface area (Å²) in [6.45, 7) is 4.55. The summed E-state index contributed by atoms with van der Waals surface area (Å²) in [7, 11) is 0. The second kappa shape index (κ2) is 4.55. The SMILES string of the molecule is C/C=C/C[C@H]1[C@H](C)C=CCC12CCCC2.